The molecule has 0 aromatic heterocycles. The van der Waals surface area contributed by atoms with Crippen molar-refractivity contribution in [1.29, 1.82) is 5.41 Å². The molecule has 1 saturated heterocycles. The highest BCUT2D eigenvalue weighted by molar-refractivity contribution is 6.69. The minimum absolute atomic E-state index is 0.0566. The lowest BCUT2D eigenvalue weighted by molar-refractivity contribution is -0.385. The number of nitro groups is 2. The maximum atomic E-state index is 12.7. The lowest BCUT2D eigenvalue weighted by atomic mass is 10.0. The molecule has 0 bridgehead atoms. The molecular weight excluding hydrogens is 526 g/mol. The number of hydrogen-bond donors (Lipinski definition) is 3. The summed E-state index contributed by atoms with van der Waals surface area (Å²) in [5.74, 6) is -1.74. The minimum atomic E-state index is -1.09. The highest BCUT2D eigenvalue weighted by Gasteiger charge is 2.39. The van der Waals surface area contributed by atoms with Crippen molar-refractivity contribution in [2.75, 3.05) is 7.11 Å². The fourth-order valence-corrected chi connectivity index (χ4v) is 3.65. The molecule has 0 saturated carbocycles. The molecule has 3 N–H and O–H groups in total. The van der Waals surface area contributed by atoms with E-state index in [0.717, 1.165) is 12.1 Å². The zero-order valence-corrected chi connectivity index (χ0v) is 20.6. The number of para-hydroxylation sites is 1. The first-order chi connectivity index (χ1) is 19.2. The molecule has 1 aliphatic rings. The van der Waals surface area contributed by atoms with E-state index in [4.69, 9.17) is 14.9 Å². The minimum Gasteiger partial charge on any atom is -0.496 e. The predicted octanol–water partition coefficient (Wildman–Crippen LogP) is 3.13. The quantitative estimate of drug-likeness (QED) is 0.282. The highest BCUT2D eigenvalue weighted by atomic mass is 16.6. The van der Waals surface area contributed by atoms with E-state index in [1.54, 1.807) is 24.3 Å². The molecule has 0 unspecified atom stereocenters. The van der Waals surface area contributed by atoms with Crippen LogP contribution in [0, 0.1) is 25.6 Å². The Morgan fingerprint density at radius 1 is 0.875 bits per heavy atom. The van der Waals surface area contributed by atoms with Gasteiger partial charge in [-0.3, -0.25) is 35.2 Å². The lowest BCUT2D eigenvalue weighted by Gasteiger charge is -2.14. The summed E-state index contributed by atoms with van der Waals surface area (Å²) in [6, 6.07) is 16.6. The molecule has 202 valence electrons. The number of hydrazone groups is 2. The van der Waals surface area contributed by atoms with Crippen LogP contribution in [0.15, 0.2) is 83.0 Å². The van der Waals surface area contributed by atoms with Crippen LogP contribution in [-0.2, 0) is 4.74 Å². The van der Waals surface area contributed by atoms with Crippen LogP contribution in [0.5, 0.6) is 5.75 Å². The Hall–Kier alpha value is -5.99. The predicted molar refractivity (Wildman–Crippen MR) is 141 cm³/mol. The van der Waals surface area contributed by atoms with Crippen molar-refractivity contribution >= 4 is 40.5 Å². The van der Waals surface area contributed by atoms with Crippen molar-refractivity contribution in [3.8, 4) is 5.75 Å². The Kier molecular flexibility index (Phi) is 7.84. The first kappa shape index (κ1) is 27.1. The molecule has 0 spiro atoms. The van der Waals surface area contributed by atoms with Crippen molar-refractivity contribution in [1.82, 2.24) is 10.9 Å². The Morgan fingerprint density at radius 2 is 1.43 bits per heavy atom. The highest BCUT2D eigenvalue weighted by Crippen LogP contribution is 2.33. The zero-order valence-electron chi connectivity index (χ0n) is 20.6. The Labute approximate surface area is 224 Å². The molecule has 0 radical (unpaired) electrons. The molecule has 1 atom stereocenters. The summed E-state index contributed by atoms with van der Waals surface area (Å²) < 4.78 is 11.0. The van der Waals surface area contributed by atoms with Gasteiger partial charge in [0, 0.05) is 41.0 Å². The van der Waals surface area contributed by atoms with Crippen molar-refractivity contribution in [2.45, 2.75) is 6.10 Å². The number of non-ortho nitro benzene ring substituents is 2. The van der Waals surface area contributed by atoms with Gasteiger partial charge in [-0.1, -0.05) is 30.3 Å². The second-order valence-electron chi connectivity index (χ2n) is 8.02. The summed E-state index contributed by atoms with van der Waals surface area (Å²) in [5, 5.41) is 38.4. The molecule has 40 heavy (non-hydrogen) atoms. The number of carbonyl (C=O) groups excluding carboxylic acids is 2. The number of methoxy groups -OCH3 is 1. The molecule has 15 heteroatoms. The zero-order chi connectivity index (χ0) is 28.8. The number of nitrogens with zero attached hydrogens (tertiary/aromatic N) is 4. The summed E-state index contributed by atoms with van der Waals surface area (Å²) in [4.78, 5) is 46.2. The van der Waals surface area contributed by atoms with Crippen LogP contribution in [0.1, 0.15) is 32.4 Å². The van der Waals surface area contributed by atoms with E-state index in [1.165, 1.54) is 43.5 Å². The first-order valence-electron chi connectivity index (χ1n) is 11.3. The summed E-state index contributed by atoms with van der Waals surface area (Å²) in [7, 11) is 1.42. The summed E-state index contributed by atoms with van der Waals surface area (Å²) in [6.45, 7) is 0. The van der Waals surface area contributed by atoms with E-state index in [9.17, 15) is 29.8 Å². The topological polar surface area (TPSA) is 212 Å². The van der Waals surface area contributed by atoms with E-state index in [2.05, 4.69) is 21.1 Å². The van der Waals surface area contributed by atoms with Gasteiger partial charge < -0.3 is 9.47 Å². The monoisotopic (exact) mass is 545 g/mol. The second kappa shape index (κ2) is 11.6. The normalized spacial score (nSPS) is 16.3. The molecule has 4 rings (SSSR count). The Bertz CT molecular complexity index is 1600. The number of carbonyl (C=O) groups is 2. The second-order valence-corrected chi connectivity index (χ2v) is 8.02. The van der Waals surface area contributed by atoms with Crippen LogP contribution in [0.3, 0.4) is 0 Å². The molecule has 15 nitrogen and oxygen atoms in total. The van der Waals surface area contributed by atoms with Gasteiger partial charge in [-0.25, -0.2) is 10.9 Å². The van der Waals surface area contributed by atoms with Gasteiger partial charge in [0.2, 0.25) is 5.90 Å². The van der Waals surface area contributed by atoms with Crippen molar-refractivity contribution in [2.24, 2.45) is 10.2 Å². The average Bonchev–Trinajstić information content (AvgIpc) is 3.28. The number of benzene rings is 3. The van der Waals surface area contributed by atoms with Crippen molar-refractivity contribution in [3.05, 3.63) is 110 Å². The van der Waals surface area contributed by atoms with E-state index in [1.807, 2.05) is 0 Å². The summed E-state index contributed by atoms with van der Waals surface area (Å²) >= 11 is 0. The van der Waals surface area contributed by atoms with Gasteiger partial charge in [0.25, 0.3) is 23.2 Å². The molecule has 0 aliphatic carbocycles. The average molecular weight is 545 g/mol. The number of amides is 2. The van der Waals surface area contributed by atoms with Gasteiger partial charge >= 0.3 is 0 Å². The Morgan fingerprint density at radius 3 is 1.98 bits per heavy atom. The van der Waals surface area contributed by atoms with E-state index in [-0.39, 0.29) is 33.9 Å². The Balaban J connectivity index is 1.68. The molecule has 1 heterocycles. The fraction of sp³-hybridized carbons (Fsp3) is 0.0800. The van der Waals surface area contributed by atoms with Gasteiger partial charge in [0.1, 0.15) is 11.5 Å². The number of rotatable bonds is 8. The van der Waals surface area contributed by atoms with Gasteiger partial charge in [0.15, 0.2) is 11.8 Å². The summed E-state index contributed by atoms with van der Waals surface area (Å²) in [6.07, 6.45) is -1.09. The van der Waals surface area contributed by atoms with Crippen LogP contribution in [0.2, 0.25) is 0 Å². The number of nitro benzene ring substituents is 2. The maximum Gasteiger partial charge on any atom is 0.271 e. The van der Waals surface area contributed by atoms with Gasteiger partial charge in [-0.2, -0.15) is 10.2 Å². The number of hydrogen-bond acceptors (Lipinski definition) is 11. The molecule has 3 aromatic rings. The van der Waals surface area contributed by atoms with E-state index < -0.39 is 33.7 Å². The SMILES string of the molecule is COc1ccccc1[C@@H]1OC(=N)C(=N/NC(=O)c2cccc([N+](=O)[O-])c2)/C1=N\NC(=O)c1cccc([N+](=O)[O-])c1. The first-order valence-corrected chi connectivity index (χ1v) is 11.3. The molecule has 3 aromatic carbocycles. The maximum absolute atomic E-state index is 12.7. The van der Waals surface area contributed by atoms with Gasteiger partial charge in [-0.05, 0) is 18.2 Å². The number of nitrogens with one attached hydrogen (secondary N) is 3. The van der Waals surface area contributed by atoms with Crippen LogP contribution < -0.4 is 15.6 Å². The van der Waals surface area contributed by atoms with Crippen LogP contribution in [-0.4, -0.2) is 46.1 Å². The molecule has 2 amide bonds. The van der Waals surface area contributed by atoms with E-state index >= 15 is 0 Å². The standard InChI is InChI=1S/C25H19N7O8/c1-39-19-11-3-2-10-18(19)22-20(27-29-24(33)14-6-4-8-16(12-14)31(35)36)21(23(26)40-22)28-30-25(34)15-7-5-9-17(13-15)32(37)38/h2-13,22,26H,1H3,(H,29,33)(H,30,34)/b26-23?,27-20+,28-21+/t22-/m0/s1. The van der Waals surface area contributed by atoms with Gasteiger partial charge in [0.05, 0.1) is 17.0 Å². The molecule has 1 fully saturated rings. The lowest BCUT2D eigenvalue weighted by Crippen LogP contribution is -2.28. The fourth-order valence-electron chi connectivity index (χ4n) is 3.65. The summed E-state index contributed by atoms with van der Waals surface area (Å²) in [5.41, 5.74) is 3.84. The third-order valence-electron chi connectivity index (χ3n) is 5.55. The van der Waals surface area contributed by atoms with Crippen molar-refractivity contribution in [3.63, 3.8) is 0 Å². The smallest absolute Gasteiger partial charge is 0.271 e. The van der Waals surface area contributed by atoms with Crippen molar-refractivity contribution < 1.29 is 28.9 Å². The van der Waals surface area contributed by atoms with Crippen LogP contribution >= 0.6 is 0 Å². The van der Waals surface area contributed by atoms with Crippen LogP contribution in [0.4, 0.5) is 11.4 Å². The third-order valence-corrected chi connectivity index (χ3v) is 5.55. The number of ether oxygens (including phenoxy) is 2. The van der Waals surface area contributed by atoms with E-state index in [0.29, 0.717) is 11.3 Å². The largest absolute Gasteiger partial charge is 0.496 e. The third kappa shape index (κ3) is 5.77. The molecular formula is C25H19N7O8. The van der Waals surface area contributed by atoms with Crippen LogP contribution in [0.25, 0.3) is 0 Å². The van der Waals surface area contributed by atoms with Gasteiger partial charge in [-0.15, -0.1) is 0 Å². The molecule has 1 aliphatic heterocycles.